The fourth-order valence-electron chi connectivity index (χ4n) is 4.15. The van der Waals surface area contributed by atoms with Crippen LogP contribution in [0, 0.1) is 5.92 Å². The van der Waals surface area contributed by atoms with Crippen molar-refractivity contribution in [3.8, 4) is 5.88 Å². The van der Waals surface area contributed by atoms with Crippen LogP contribution in [0.15, 0.2) is 24.7 Å². The number of methoxy groups -OCH3 is 1. The van der Waals surface area contributed by atoms with E-state index in [9.17, 15) is 4.79 Å². The molecule has 9 heteroatoms. The number of amides is 1. The second-order valence-electron chi connectivity index (χ2n) is 8.12. The number of anilines is 1. The van der Waals surface area contributed by atoms with Gasteiger partial charge in [0.15, 0.2) is 0 Å². The summed E-state index contributed by atoms with van der Waals surface area (Å²) in [7, 11) is 5.46. The summed E-state index contributed by atoms with van der Waals surface area (Å²) in [5.74, 6) is 1.90. The fourth-order valence-corrected chi connectivity index (χ4v) is 5.38. The third-order valence-corrected chi connectivity index (χ3v) is 6.94. The SMILES string of the molecule is CCc1c(C(=O)N(C)Cc2ccnc(OC)c2)sc2ncnc(N(C)CC3CCOC3)c12. The Balaban J connectivity index is 1.62. The van der Waals surface area contributed by atoms with Crippen molar-refractivity contribution in [2.75, 3.05) is 45.9 Å². The van der Waals surface area contributed by atoms with Crippen LogP contribution in [0.2, 0.25) is 0 Å². The fraction of sp³-hybridized carbons (Fsp3) is 0.478. The molecule has 0 aliphatic carbocycles. The number of aryl methyl sites for hydroxylation is 1. The highest BCUT2D eigenvalue weighted by Crippen LogP contribution is 2.36. The molecule has 1 unspecified atom stereocenters. The third kappa shape index (κ3) is 4.54. The molecule has 8 nitrogen and oxygen atoms in total. The van der Waals surface area contributed by atoms with Gasteiger partial charge in [0.05, 0.1) is 24.0 Å². The van der Waals surface area contributed by atoms with Gasteiger partial charge in [-0.25, -0.2) is 15.0 Å². The van der Waals surface area contributed by atoms with Gasteiger partial charge >= 0.3 is 0 Å². The Morgan fingerprint density at radius 2 is 2.16 bits per heavy atom. The zero-order valence-corrected chi connectivity index (χ0v) is 19.8. The smallest absolute Gasteiger partial charge is 0.264 e. The molecule has 0 spiro atoms. The second-order valence-corrected chi connectivity index (χ2v) is 9.12. The summed E-state index contributed by atoms with van der Waals surface area (Å²) in [6.45, 7) is 5.03. The van der Waals surface area contributed by atoms with Gasteiger partial charge in [0, 0.05) is 52.0 Å². The molecular formula is C23H29N5O3S. The molecule has 1 saturated heterocycles. The first-order valence-corrected chi connectivity index (χ1v) is 11.6. The highest BCUT2D eigenvalue weighted by molar-refractivity contribution is 7.20. The van der Waals surface area contributed by atoms with Gasteiger partial charge in [0.2, 0.25) is 5.88 Å². The van der Waals surface area contributed by atoms with E-state index in [1.807, 2.05) is 19.2 Å². The molecule has 170 valence electrons. The summed E-state index contributed by atoms with van der Waals surface area (Å²) < 4.78 is 10.7. The minimum atomic E-state index is -0.0153. The van der Waals surface area contributed by atoms with E-state index in [-0.39, 0.29) is 5.91 Å². The lowest BCUT2D eigenvalue weighted by Crippen LogP contribution is -2.27. The number of ether oxygens (including phenoxy) is 2. The molecule has 32 heavy (non-hydrogen) atoms. The summed E-state index contributed by atoms with van der Waals surface area (Å²) in [5, 5.41) is 0.990. The Morgan fingerprint density at radius 1 is 1.31 bits per heavy atom. The van der Waals surface area contributed by atoms with Crippen LogP contribution < -0.4 is 9.64 Å². The van der Waals surface area contributed by atoms with E-state index in [2.05, 4.69) is 33.8 Å². The lowest BCUT2D eigenvalue weighted by Gasteiger charge is -2.22. The summed E-state index contributed by atoms with van der Waals surface area (Å²) in [6, 6.07) is 3.74. The van der Waals surface area contributed by atoms with Crippen LogP contribution in [0.1, 0.15) is 34.1 Å². The van der Waals surface area contributed by atoms with Gasteiger partial charge in [0.1, 0.15) is 17.0 Å². The van der Waals surface area contributed by atoms with Gasteiger partial charge in [-0.1, -0.05) is 6.92 Å². The van der Waals surface area contributed by atoms with Crippen LogP contribution >= 0.6 is 11.3 Å². The number of carbonyl (C=O) groups is 1. The van der Waals surface area contributed by atoms with Crippen LogP contribution in [0.4, 0.5) is 5.82 Å². The van der Waals surface area contributed by atoms with E-state index in [1.54, 1.807) is 24.5 Å². The van der Waals surface area contributed by atoms with E-state index >= 15 is 0 Å². The van der Waals surface area contributed by atoms with Gasteiger partial charge in [-0.15, -0.1) is 11.3 Å². The number of thiophene rings is 1. The van der Waals surface area contributed by atoms with Crippen molar-refractivity contribution in [1.82, 2.24) is 19.9 Å². The summed E-state index contributed by atoms with van der Waals surface area (Å²) in [6.07, 6.45) is 5.09. The molecule has 4 heterocycles. The average molecular weight is 456 g/mol. The lowest BCUT2D eigenvalue weighted by atomic mass is 10.1. The largest absolute Gasteiger partial charge is 0.481 e. The molecule has 0 N–H and O–H groups in total. The molecule has 3 aromatic heterocycles. The Kier molecular flexibility index (Phi) is 6.86. The van der Waals surface area contributed by atoms with Crippen LogP contribution in [-0.2, 0) is 17.7 Å². The van der Waals surface area contributed by atoms with Crippen LogP contribution in [0.25, 0.3) is 10.2 Å². The molecule has 1 fully saturated rings. The molecule has 0 bridgehead atoms. The Morgan fingerprint density at radius 3 is 2.88 bits per heavy atom. The highest BCUT2D eigenvalue weighted by atomic mass is 32.1. The van der Waals surface area contributed by atoms with Crippen molar-refractivity contribution in [3.63, 3.8) is 0 Å². The first-order chi connectivity index (χ1) is 15.5. The second kappa shape index (κ2) is 9.79. The molecule has 1 amide bonds. The third-order valence-electron chi connectivity index (χ3n) is 5.81. The Hall–Kier alpha value is -2.78. The molecule has 1 atom stereocenters. The molecule has 0 aromatic carbocycles. The average Bonchev–Trinajstić information content (AvgIpc) is 3.45. The normalized spacial score (nSPS) is 15.8. The van der Waals surface area contributed by atoms with E-state index in [1.165, 1.54) is 11.3 Å². The van der Waals surface area contributed by atoms with Crippen molar-refractivity contribution >= 4 is 33.3 Å². The molecule has 1 aliphatic heterocycles. The highest BCUT2D eigenvalue weighted by Gasteiger charge is 2.26. The lowest BCUT2D eigenvalue weighted by molar-refractivity contribution is 0.0789. The number of aromatic nitrogens is 3. The molecule has 4 rings (SSSR count). The van der Waals surface area contributed by atoms with E-state index in [4.69, 9.17) is 9.47 Å². The number of carbonyl (C=O) groups excluding carboxylic acids is 1. The summed E-state index contributed by atoms with van der Waals surface area (Å²) in [5.41, 5.74) is 1.98. The van der Waals surface area contributed by atoms with Gasteiger partial charge in [0.25, 0.3) is 5.91 Å². The maximum absolute atomic E-state index is 13.4. The van der Waals surface area contributed by atoms with Crippen molar-refractivity contribution in [3.05, 3.63) is 40.7 Å². The zero-order chi connectivity index (χ0) is 22.7. The number of hydrogen-bond donors (Lipinski definition) is 0. The molecule has 0 saturated carbocycles. The maximum atomic E-state index is 13.4. The maximum Gasteiger partial charge on any atom is 0.264 e. The van der Waals surface area contributed by atoms with Crippen molar-refractivity contribution in [2.24, 2.45) is 5.92 Å². The Bertz CT molecular complexity index is 1100. The number of nitrogens with zero attached hydrogens (tertiary/aromatic N) is 5. The number of fused-ring (bicyclic) bond motifs is 1. The van der Waals surface area contributed by atoms with Gasteiger partial charge in [-0.3, -0.25) is 4.79 Å². The standard InChI is InChI=1S/C23H29N5O3S/c1-5-17-19-21(27(2)12-16-7-9-31-13-16)25-14-26-22(19)32-20(17)23(29)28(3)11-15-6-8-24-18(10-15)30-4/h6,8,10,14,16H,5,7,9,11-13H2,1-4H3. The number of hydrogen-bond acceptors (Lipinski definition) is 8. The molecular weight excluding hydrogens is 426 g/mol. The molecule has 1 aliphatic rings. The van der Waals surface area contributed by atoms with Crippen LogP contribution in [0.3, 0.4) is 0 Å². The van der Waals surface area contributed by atoms with Crippen molar-refractivity contribution in [1.29, 1.82) is 0 Å². The van der Waals surface area contributed by atoms with Gasteiger partial charge < -0.3 is 19.3 Å². The van der Waals surface area contributed by atoms with Crippen molar-refractivity contribution < 1.29 is 14.3 Å². The van der Waals surface area contributed by atoms with Gasteiger partial charge in [-0.05, 0) is 30.0 Å². The first kappa shape index (κ1) is 22.4. The van der Waals surface area contributed by atoms with Crippen LogP contribution in [0.5, 0.6) is 5.88 Å². The number of pyridine rings is 1. The topological polar surface area (TPSA) is 80.7 Å². The predicted molar refractivity (Wildman–Crippen MR) is 126 cm³/mol. The van der Waals surface area contributed by atoms with Crippen molar-refractivity contribution in [2.45, 2.75) is 26.3 Å². The number of rotatable bonds is 8. The van der Waals surface area contributed by atoms with Crippen LogP contribution in [-0.4, -0.2) is 66.7 Å². The quantitative estimate of drug-likeness (QED) is 0.515. The minimum absolute atomic E-state index is 0.0153. The predicted octanol–water partition coefficient (Wildman–Crippen LogP) is 3.40. The summed E-state index contributed by atoms with van der Waals surface area (Å²) in [4.78, 5) is 32.1. The van der Waals surface area contributed by atoms with E-state index in [0.717, 1.165) is 64.6 Å². The summed E-state index contributed by atoms with van der Waals surface area (Å²) >= 11 is 1.45. The monoisotopic (exact) mass is 455 g/mol. The minimum Gasteiger partial charge on any atom is -0.481 e. The van der Waals surface area contributed by atoms with Gasteiger partial charge in [-0.2, -0.15) is 0 Å². The first-order valence-electron chi connectivity index (χ1n) is 10.8. The van der Waals surface area contributed by atoms with E-state index < -0.39 is 0 Å². The Labute approximate surface area is 192 Å². The molecule has 0 radical (unpaired) electrons. The molecule has 3 aromatic rings. The van der Waals surface area contributed by atoms with E-state index in [0.29, 0.717) is 18.3 Å². The zero-order valence-electron chi connectivity index (χ0n) is 19.0.